The van der Waals surface area contributed by atoms with Crippen molar-refractivity contribution in [2.24, 2.45) is 11.7 Å². The smallest absolute Gasteiger partial charge is 0.288 e. The van der Waals surface area contributed by atoms with E-state index in [1.165, 1.54) is 6.07 Å². The molecule has 1 rings (SSSR count). The first kappa shape index (κ1) is 15.7. The Morgan fingerprint density at radius 2 is 2.11 bits per heavy atom. The van der Waals surface area contributed by atoms with E-state index in [0.717, 1.165) is 11.3 Å². The highest BCUT2D eigenvalue weighted by molar-refractivity contribution is 6.33. The molecule has 0 fully saturated rings. The van der Waals surface area contributed by atoms with Gasteiger partial charge in [-0.3, -0.25) is 10.1 Å². The zero-order valence-corrected chi connectivity index (χ0v) is 12.4. The highest BCUT2D eigenvalue weighted by Crippen LogP contribution is 2.33. The molecule has 1 atom stereocenters. The van der Waals surface area contributed by atoms with Crippen LogP contribution in [0.1, 0.15) is 26.3 Å². The molecule has 0 spiro atoms. The minimum Gasteiger partial charge on any atom is -0.378 e. The highest BCUT2D eigenvalue weighted by Gasteiger charge is 2.27. The third-order valence-electron chi connectivity index (χ3n) is 3.61. The summed E-state index contributed by atoms with van der Waals surface area (Å²) in [7, 11) is 0. The first-order chi connectivity index (χ1) is 8.71. The second-order valence-corrected chi connectivity index (χ2v) is 5.68. The second kappa shape index (κ2) is 5.75. The standard InChI is InChI=1S/C13H20ClN3O2/c1-8(2)13(4,7-15)16-11-6-10(14)12(17(18)19)5-9(11)3/h5-6,8,16H,7,15H2,1-4H3. The number of nitrogens with two attached hydrogens (primary N) is 1. The lowest BCUT2D eigenvalue weighted by Crippen LogP contribution is -2.47. The van der Waals surface area contributed by atoms with Gasteiger partial charge in [0.25, 0.3) is 5.69 Å². The summed E-state index contributed by atoms with van der Waals surface area (Å²) in [5.74, 6) is 0.311. The van der Waals surface area contributed by atoms with E-state index in [0.29, 0.717) is 12.5 Å². The van der Waals surface area contributed by atoms with Crippen LogP contribution >= 0.6 is 11.6 Å². The van der Waals surface area contributed by atoms with Crippen molar-refractivity contribution >= 4 is 23.0 Å². The van der Waals surface area contributed by atoms with Gasteiger partial charge in [0.05, 0.1) is 4.92 Å². The molecule has 1 unspecified atom stereocenters. The highest BCUT2D eigenvalue weighted by atomic mass is 35.5. The molecule has 0 amide bonds. The Kier molecular flexibility index (Phi) is 4.76. The van der Waals surface area contributed by atoms with Gasteiger partial charge in [-0.15, -0.1) is 0 Å². The van der Waals surface area contributed by atoms with E-state index in [1.807, 2.05) is 13.8 Å². The number of hydrogen-bond acceptors (Lipinski definition) is 4. The summed E-state index contributed by atoms with van der Waals surface area (Å²) in [6, 6.07) is 3.06. The van der Waals surface area contributed by atoms with Gasteiger partial charge in [0.1, 0.15) is 5.02 Å². The normalized spacial score (nSPS) is 14.3. The van der Waals surface area contributed by atoms with Crippen LogP contribution in [0, 0.1) is 23.0 Å². The van der Waals surface area contributed by atoms with E-state index >= 15 is 0 Å². The number of nitro groups is 1. The lowest BCUT2D eigenvalue weighted by molar-refractivity contribution is -0.384. The lowest BCUT2D eigenvalue weighted by atomic mass is 9.88. The molecule has 0 aromatic heterocycles. The first-order valence-electron chi connectivity index (χ1n) is 6.14. The molecule has 5 nitrogen and oxygen atoms in total. The zero-order chi connectivity index (χ0) is 14.8. The molecule has 1 aromatic rings. The molecule has 0 saturated heterocycles. The molecular weight excluding hydrogens is 266 g/mol. The van der Waals surface area contributed by atoms with Crippen molar-refractivity contribution in [2.45, 2.75) is 33.2 Å². The van der Waals surface area contributed by atoms with E-state index in [2.05, 4.69) is 19.2 Å². The van der Waals surface area contributed by atoms with Crippen molar-refractivity contribution in [3.63, 3.8) is 0 Å². The third kappa shape index (κ3) is 3.36. The third-order valence-corrected chi connectivity index (χ3v) is 3.91. The molecule has 0 aliphatic rings. The average molecular weight is 286 g/mol. The first-order valence-corrected chi connectivity index (χ1v) is 6.52. The predicted octanol–water partition coefficient (Wildman–Crippen LogP) is 3.34. The number of halogens is 1. The van der Waals surface area contributed by atoms with E-state index in [1.54, 1.807) is 6.07 Å². The van der Waals surface area contributed by atoms with E-state index in [9.17, 15) is 10.1 Å². The fourth-order valence-corrected chi connectivity index (χ4v) is 1.91. The molecule has 0 aliphatic carbocycles. The molecule has 3 N–H and O–H groups in total. The second-order valence-electron chi connectivity index (χ2n) is 5.28. The number of aryl methyl sites for hydroxylation is 1. The quantitative estimate of drug-likeness (QED) is 0.642. The maximum Gasteiger partial charge on any atom is 0.288 e. The number of hydrogen-bond donors (Lipinski definition) is 2. The SMILES string of the molecule is Cc1cc([N+](=O)[O-])c(Cl)cc1NC(C)(CN)C(C)C. The lowest BCUT2D eigenvalue weighted by Gasteiger charge is -2.35. The summed E-state index contributed by atoms with van der Waals surface area (Å²) in [5, 5.41) is 14.3. The van der Waals surface area contributed by atoms with Crippen LogP contribution < -0.4 is 11.1 Å². The number of rotatable bonds is 5. The Hall–Kier alpha value is -1.33. The Bertz CT molecular complexity index is 491. The van der Waals surface area contributed by atoms with Crippen molar-refractivity contribution in [3.8, 4) is 0 Å². The average Bonchev–Trinajstić information content (AvgIpc) is 2.32. The summed E-state index contributed by atoms with van der Waals surface area (Å²) in [4.78, 5) is 10.3. The van der Waals surface area contributed by atoms with Crippen LogP contribution in [-0.4, -0.2) is 17.0 Å². The topological polar surface area (TPSA) is 81.2 Å². The maximum atomic E-state index is 10.8. The van der Waals surface area contributed by atoms with Crippen molar-refractivity contribution < 1.29 is 4.92 Å². The van der Waals surface area contributed by atoms with Gasteiger partial charge in [-0.05, 0) is 31.4 Å². The molecule has 106 valence electrons. The van der Waals surface area contributed by atoms with Crippen LogP contribution in [0.3, 0.4) is 0 Å². The molecule has 0 saturated carbocycles. The molecule has 0 bridgehead atoms. The molecule has 0 radical (unpaired) electrons. The summed E-state index contributed by atoms with van der Waals surface area (Å²) in [6.45, 7) is 8.43. The predicted molar refractivity (Wildman–Crippen MR) is 78.8 cm³/mol. The van der Waals surface area contributed by atoms with Gasteiger partial charge in [0.15, 0.2) is 0 Å². The van der Waals surface area contributed by atoms with Crippen LogP contribution in [0.5, 0.6) is 0 Å². The minimum atomic E-state index is -0.482. The molecule has 19 heavy (non-hydrogen) atoms. The van der Waals surface area contributed by atoms with Gasteiger partial charge >= 0.3 is 0 Å². The van der Waals surface area contributed by atoms with Gasteiger partial charge in [-0.25, -0.2) is 0 Å². The van der Waals surface area contributed by atoms with Crippen LogP contribution in [0.15, 0.2) is 12.1 Å². The molecule has 0 heterocycles. The number of nitrogens with one attached hydrogen (secondary N) is 1. The van der Waals surface area contributed by atoms with Gasteiger partial charge < -0.3 is 11.1 Å². The summed E-state index contributed by atoms with van der Waals surface area (Å²) in [6.07, 6.45) is 0. The van der Waals surface area contributed by atoms with Crippen LogP contribution in [-0.2, 0) is 0 Å². The van der Waals surface area contributed by atoms with E-state index < -0.39 is 4.92 Å². The fourth-order valence-electron chi connectivity index (χ4n) is 1.68. The Morgan fingerprint density at radius 1 is 1.53 bits per heavy atom. The monoisotopic (exact) mass is 285 g/mol. The van der Waals surface area contributed by atoms with Crippen LogP contribution in [0.4, 0.5) is 11.4 Å². The largest absolute Gasteiger partial charge is 0.378 e. The molecule has 6 heteroatoms. The number of benzene rings is 1. The van der Waals surface area contributed by atoms with Crippen molar-refractivity contribution in [1.82, 2.24) is 0 Å². The Labute approximate surface area is 118 Å². The number of nitrogens with zero attached hydrogens (tertiary/aromatic N) is 1. The van der Waals surface area contributed by atoms with Crippen molar-refractivity contribution in [1.29, 1.82) is 0 Å². The van der Waals surface area contributed by atoms with Gasteiger partial charge in [0, 0.05) is 23.8 Å². The van der Waals surface area contributed by atoms with Crippen LogP contribution in [0.2, 0.25) is 5.02 Å². The number of nitro benzene ring substituents is 1. The maximum absolute atomic E-state index is 10.8. The van der Waals surface area contributed by atoms with Gasteiger partial charge in [-0.1, -0.05) is 25.4 Å². The van der Waals surface area contributed by atoms with E-state index in [-0.39, 0.29) is 16.2 Å². The summed E-state index contributed by atoms with van der Waals surface area (Å²) in [5.41, 5.74) is 7.00. The van der Waals surface area contributed by atoms with Gasteiger partial charge in [-0.2, -0.15) is 0 Å². The van der Waals surface area contributed by atoms with Crippen molar-refractivity contribution in [3.05, 3.63) is 32.8 Å². The molecule has 1 aromatic carbocycles. The molecule has 0 aliphatic heterocycles. The van der Waals surface area contributed by atoms with Gasteiger partial charge in [0.2, 0.25) is 0 Å². The van der Waals surface area contributed by atoms with Crippen LogP contribution in [0.25, 0.3) is 0 Å². The fraction of sp³-hybridized carbons (Fsp3) is 0.538. The zero-order valence-electron chi connectivity index (χ0n) is 11.7. The Balaban J connectivity index is 3.16. The minimum absolute atomic E-state index is 0.0799. The molecular formula is C13H20ClN3O2. The summed E-state index contributed by atoms with van der Waals surface area (Å²) >= 11 is 5.94. The van der Waals surface area contributed by atoms with Crippen molar-refractivity contribution in [2.75, 3.05) is 11.9 Å². The number of anilines is 1. The Morgan fingerprint density at radius 3 is 2.53 bits per heavy atom. The summed E-state index contributed by atoms with van der Waals surface area (Å²) < 4.78 is 0. The van der Waals surface area contributed by atoms with E-state index in [4.69, 9.17) is 17.3 Å².